The van der Waals surface area contributed by atoms with Crippen molar-refractivity contribution in [2.75, 3.05) is 18.6 Å². The molecule has 0 spiro atoms. The smallest absolute Gasteiger partial charge is 0.172 e. The van der Waals surface area contributed by atoms with Crippen LogP contribution >= 0.6 is 0 Å². The summed E-state index contributed by atoms with van der Waals surface area (Å²) in [5, 5.41) is 0. The molecule has 0 bridgehead atoms. The van der Waals surface area contributed by atoms with Gasteiger partial charge in [-0.1, -0.05) is 42.0 Å². The minimum Gasteiger partial charge on any atom is -0.496 e. The predicted molar refractivity (Wildman–Crippen MR) is 98.2 cm³/mol. The number of methoxy groups -OCH3 is 1. The molecule has 1 aliphatic rings. The van der Waals surface area contributed by atoms with E-state index in [4.69, 9.17) is 4.74 Å². The molecule has 3 rings (SSSR count). The molecule has 124 valence electrons. The number of ether oxygens (including phenoxy) is 1. The number of rotatable bonds is 5. The zero-order valence-electron chi connectivity index (χ0n) is 14.5. The summed E-state index contributed by atoms with van der Waals surface area (Å²) in [6, 6.07) is 13.8. The molecule has 24 heavy (non-hydrogen) atoms. The number of nitrogens with zero attached hydrogens (tertiary/aromatic N) is 1. The molecule has 3 heteroatoms. The lowest BCUT2D eigenvalue weighted by Gasteiger charge is -2.25. The van der Waals surface area contributed by atoms with Crippen LogP contribution in [0.1, 0.15) is 34.3 Å². The van der Waals surface area contributed by atoms with Gasteiger partial charge in [0.05, 0.1) is 13.0 Å². The van der Waals surface area contributed by atoms with Crippen molar-refractivity contribution in [3.05, 3.63) is 71.8 Å². The minimum atomic E-state index is -0.237. The second kappa shape index (κ2) is 6.52. The Kier molecular flexibility index (Phi) is 4.43. The van der Waals surface area contributed by atoms with Crippen LogP contribution in [0.3, 0.4) is 0 Å². The summed E-state index contributed by atoms with van der Waals surface area (Å²) in [5.74, 6) is 0.676. The van der Waals surface area contributed by atoms with Gasteiger partial charge in [-0.25, -0.2) is 0 Å². The van der Waals surface area contributed by atoms with Crippen molar-refractivity contribution in [1.82, 2.24) is 0 Å². The number of anilines is 1. The second-order valence-electron chi connectivity index (χ2n) is 6.28. The SMILES string of the molecule is C=CCN1c2cccc(OC)c2C(C(=O)c2ccc(C)cc2)C1C. The van der Waals surface area contributed by atoms with E-state index in [0.29, 0.717) is 6.54 Å². The van der Waals surface area contributed by atoms with Gasteiger partial charge in [0, 0.05) is 29.4 Å². The Labute approximate surface area is 143 Å². The van der Waals surface area contributed by atoms with Gasteiger partial charge < -0.3 is 9.64 Å². The Morgan fingerprint density at radius 3 is 2.58 bits per heavy atom. The third-order valence-electron chi connectivity index (χ3n) is 4.80. The Hall–Kier alpha value is -2.55. The lowest BCUT2D eigenvalue weighted by atomic mass is 9.87. The van der Waals surface area contributed by atoms with E-state index in [2.05, 4.69) is 24.5 Å². The molecule has 0 N–H and O–H groups in total. The average Bonchev–Trinajstić information content (AvgIpc) is 2.87. The summed E-state index contributed by atoms with van der Waals surface area (Å²) in [4.78, 5) is 15.5. The van der Waals surface area contributed by atoms with Crippen LogP contribution in [0, 0.1) is 6.92 Å². The predicted octanol–water partition coefficient (Wildman–Crippen LogP) is 4.36. The van der Waals surface area contributed by atoms with Crippen molar-refractivity contribution in [2.45, 2.75) is 25.8 Å². The van der Waals surface area contributed by atoms with E-state index >= 15 is 0 Å². The number of Topliss-reactive ketones (excluding diaryl/α,β-unsaturated/α-hetero) is 1. The van der Waals surface area contributed by atoms with Crippen molar-refractivity contribution in [3.8, 4) is 5.75 Å². The van der Waals surface area contributed by atoms with Gasteiger partial charge in [-0.2, -0.15) is 0 Å². The van der Waals surface area contributed by atoms with Crippen molar-refractivity contribution in [1.29, 1.82) is 0 Å². The Morgan fingerprint density at radius 1 is 1.25 bits per heavy atom. The highest BCUT2D eigenvalue weighted by molar-refractivity contribution is 6.04. The first-order chi connectivity index (χ1) is 11.6. The quantitative estimate of drug-likeness (QED) is 0.605. The van der Waals surface area contributed by atoms with Crippen LogP contribution in [0.25, 0.3) is 0 Å². The first-order valence-corrected chi connectivity index (χ1v) is 8.23. The highest BCUT2D eigenvalue weighted by Gasteiger charge is 2.41. The van der Waals surface area contributed by atoms with Crippen LogP contribution in [0.4, 0.5) is 5.69 Å². The van der Waals surface area contributed by atoms with Crippen LogP contribution in [-0.2, 0) is 0 Å². The number of fused-ring (bicyclic) bond motifs is 1. The molecule has 0 radical (unpaired) electrons. The van der Waals surface area contributed by atoms with Gasteiger partial charge in [0.25, 0.3) is 0 Å². The van der Waals surface area contributed by atoms with Gasteiger partial charge in [0.2, 0.25) is 0 Å². The molecule has 2 atom stereocenters. The minimum absolute atomic E-state index is 0.0584. The van der Waals surface area contributed by atoms with Crippen LogP contribution in [0.2, 0.25) is 0 Å². The number of benzene rings is 2. The second-order valence-corrected chi connectivity index (χ2v) is 6.28. The summed E-state index contributed by atoms with van der Waals surface area (Å²) in [6.07, 6.45) is 1.87. The Morgan fingerprint density at radius 2 is 1.96 bits per heavy atom. The van der Waals surface area contributed by atoms with Gasteiger partial charge in [-0.15, -0.1) is 6.58 Å². The maximum atomic E-state index is 13.2. The number of carbonyl (C=O) groups is 1. The Balaban J connectivity index is 2.09. The van der Waals surface area contributed by atoms with E-state index in [1.54, 1.807) is 7.11 Å². The highest BCUT2D eigenvalue weighted by Crippen LogP contribution is 2.47. The fraction of sp³-hybridized carbons (Fsp3) is 0.286. The average molecular weight is 321 g/mol. The summed E-state index contributed by atoms with van der Waals surface area (Å²) in [6.45, 7) is 8.68. The van der Waals surface area contributed by atoms with Crippen molar-refractivity contribution in [2.24, 2.45) is 0 Å². The van der Waals surface area contributed by atoms with E-state index < -0.39 is 0 Å². The monoisotopic (exact) mass is 321 g/mol. The van der Waals surface area contributed by atoms with Crippen molar-refractivity contribution >= 4 is 11.5 Å². The van der Waals surface area contributed by atoms with E-state index in [-0.39, 0.29) is 17.7 Å². The highest BCUT2D eigenvalue weighted by atomic mass is 16.5. The van der Waals surface area contributed by atoms with Crippen LogP contribution in [-0.4, -0.2) is 25.5 Å². The molecule has 1 aliphatic heterocycles. The van der Waals surface area contributed by atoms with Crippen LogP contribution in [0.5, 0.6) is 5.75 Å². The van der Waals surface area contributed by atoms with Crippen molar-refractivity contribution < 1.29 is 9.53 Å². The normalized spacial score (nSPS) is 19.0. The third kappa shape index (κ3) is 2.60. The van der Waals surface area contributed by atoms with Gasteiger partial charge >= 0.3 is 0 Å². The van der Waals surface area contributed by atoms with E-state index in [0.717, 1.165) is 28.1 Å². The maximum Gasteiger partial charge on any atom is 0.172 e. The zero-order valence-corrected chi connectivity index (χ0v) is 14.5. The van der Waals surface area contributed by atoms with Gasteiger partial charge in [-0.3, -0.25) is 4.79 Å². The summed E-state index contributed by atoms with van der Waals surface area (Å²) in [5.41, 5.74) is 3.94. The molecule has 3 nitrogen and oxygen atoms in total. The Bertz CT molecular complexity index is 764. The van der Waals surface area contributed by atoms with Crippen molar-refractivity contribution in [3.63, 3.8) is 0 Å². The molecule has 0 saturated carbocycles. The molecule has 0 aromatic heterocycles. The standard InChI is InChI=1S/C21H23NO2/c1-5-13-22-15(3)19(20-17(22)7-6-8-18(20)24-4)21(23)16-11-9-14(2)10-12-16/h5-12,15,19H,1,13H2,2-4H3. The summed E-state index contributed by atoms with van der Waals surface area (Å²) in [7, 11) is 1.66. The molecule has 2 aromatic carbocycles. The first kappa shape index (κ1) is 16.3. The van der Waals surface area contributed by atoms with Crippen LogP contribution < -0.4 is 9.64 Å². The number of hydrogen-bond donors (Lipinski definition) is 0. The molecular weight excluding hydrogens is 298 g/mol. The summed E-state index contributed by atoms with van der Waals surface area (Å²) >= 11 is 0. The fourth-order valence-corrected chi connectivity index (χ4v) is 3.57. The number of aryl methyl sites for hydroxylation is 1. The molecule has 0 amide bonds. The number of ketones is 1. The topological polar surface area (TPSA) is 29.5 Å². The number of hydrogen-bond acceptors (Lipinski definition) is 3. The molecule has 0 fully saturated rings. The fourth-order valence-electron chi connectivity index (χ4n) is 3.57. The molecule has 2 aromatic rings. The molecular formula is C21H23NO2. The van der Waals surface area contributed by atoms with E-state index in [9.17, 15) is 4.79 Å². The molecule has 2 unspecified atom stereocenters. The molecule has 1 heterocycles. The lowest BCUT2D eigenvalue weighted by molar-refractivity contribution is 0.0952. The molecule has 0 aliphatic carbocycles. The number of carbonyl (C=O) groups excluding carboxylic acids is 1. The van der Waals surface area contributed by atoms with Crippen LogP contribution in [0.15, 0.2) is 55.1 Å². The summed E-state index contributed by atoms with van der Waals surface area (Å²) < 4.78 is 5.56. The van der Waals surface area contributed by atoms with Gasteiger partial charge in [0.1, 0.15) is 5.75 Å². The maximum absolute atomic E-state index is 13.2. The first-order valence-electron chi connectivity index (χ1n) is 8.23. The van der Waals surface area contributed by atoms with Gasteiger partial charge in [-0.05, 0) is 26.0 Å². The van der Waals surface area contributed by atoms with E-state index in [1.165, 1.54) is 0 Å². The molecule has 0 saturated heterocycles. The third-order valence-corrected chi connectivity index (χ3v) is 4.80. The lowest BCUT2D eigenvalue weighted by Crippen LogP contribution is -2.34. The van der Waals surface area contributed by atoms with E-state index in [1.807, 2.05) is 49.4 Å². The largest absolute Gasteiger partial charge is 0.496 e. The zero-order chi connectivity index (χ0) is 17.3. The van der Waals surface area contributed by atoms with Gasteiger partial charge in [0.15, 0.2) is 5.78 Å².